The number of rotatable bonds is 13. The second kappa shape index (κ2) is 15.2. The molecule has 0 fully saturated rings. The molecule has 3 heteroatoms. The highest BCUT2D eigenvalue weighted by atomic mass is 16.2. The zero-order chi connectivity index (χ0) is 14.2. The molecule has 0 unspecified atom stereocenters. The van der Waals surface area contributed by atoms with Crippen LogP contribution in [0.2, 0.25) is 0 Å². The Morgan fingerprint density at radius 2 is 1.47 bits per heavy atom. The van der Waals surface area contributed by atoms with Crippen LogP contribution in [0.15, 0.2) is 5.10 Å². The molecule has 0 saturated heterocycles. The zero-order valence-electron chi connectivity index (χ0n) is 12.9. The van der Waals surface area contributed by atoms with Crippen molar-refractivity contribution < 1.29 is 4.79 Å². The van der Waals surface area contributed by atoms with E-state index in [0.717, 1.165) is 19.3 Å². The second-order valence-corrected chi connectivity index (χ2v) is 5.21. The number of carbonyl (C=O) groups is 1. The van der Waals surface area contributed by atoms with E-state index in [0.29, 0.717) is 6.42 Å². The molecule has 0 radical (unpaired) electrons. The van der Waals surface area contributed by atoms with E-state index in [1.54, 1.807) is 0 Å². The minimum Gasteiger partial charge on any atom is -0.273 e. The Balaban J connectivity index is 3.26. The van der Waals surface area contributed by atoms with Crippen LogP contribution in [0.4, 0.5) is 0 Å². The molecule has 0 aromatic heterocycles. The summed E-state index contributed by atoms with van der Waals surface area (Å²) in [7, 11) is 0. The van der Waals surface area contributed by atoms with Crippen molar-refractivity contribution in [2.75, 3.05) is 0 Å². The summed E-state index contributed by atoms with van der Waals surface area (Å²) in [5.41, 5.74) is 2.61. The van der Waals surface area contributed by atoms with Crippen molar-refractivity contribution >= 4 is 12.1 Å². The van der Waals surface area contributed by atoms with Crippen molar-refractivity contribution in [3.8, 4) is 0 Å². The second-order valence-electron chi connectivity index (χ2n) is 5.21. The molecule has 19 heavy (non-hydrogen) atoms. The summed E-state index contributed by atoms with van der Waals surface area (Å²) < 4.78 is 0. The lowest BCUT2D eigenvalue weighted by Gasteiger charge is -2.00. The summed E-state index contributed by atoms with van der Waals surface area (Å²) in [6.07, 6.45) is 15.7. The quantitative estimate of drug-likeness (QED) is 0.291. The minimum absolute atomic E-state index is 0.0558. The molecule has 1 N–H and O–H groups in total. The minimum atomic E-state index is 0.0558. The fourth-order valence-electron chi connectivity index (χ4n) is 1.97. The average molecular weight is 268 g/mol. The Morgan fingerprint density at radius 1 is 0.895 bits per heavy atom. The van der Waals surface area contributed by atoms with Crippen LogP contribution in [-0.2, 0) is 4.79 Å². The Labute approximate surface area is 119 Å². The van der Waals surface area contributed by atoms with Gasteiger partial charge in [0, 0.05) is 12.6 Å². The molecular weight excluding hydrogens is 236 g/mol. The predicted octanol–water partition coefficient (Wildman–Crippen LogP) is 4.81. The van der Waals surface area contributed by atoms with Gasteiger partial charge in [-0.15, -0.1) is 0 Å². The van der Waals surface area contributed by atoms with Gasteiger partial charge >= 0.3 is 0 Å². The molecule has 112 valence electrons. The first-order valence-corrected chi connectivity index (χ1v) is 8.11. The SMILES string of the molecule is CCCCCC/C=N/NC(=O)CCCCCCCC. The Hall–Kier alpha value is -0.860. The van der Waals surface area contributed by atoms with Gasteiger partial charge in [0.05, 0.1) is 0 Å². The van der Waals surface area contributed by atoms with Crippen LogP contribution in [0, 0.1) is 0 Å². The molecule has 0 spiro atoms. The Kier molecular flexibility index (Phi) is 14.5. The molecule has 1 amide bonds. The van der Waals surface area contributed by atoms with E-state index in [2.05, 4.69) is 24.4 Å². The van der Waals surface area contributed by atoms with E-state index >= 15 is 0 Å². The summed E-state index contributed by atoms with van der Waals surface area (Å²) in [4.78, 5) is 11.4. The number of hydrogen-bond donors (Lipinski definition) is 1. The molecule has 0 aromatic carbocycles. The van der Waals surface area contributed by atoms with Crippen molar-refractivity contribution in [2.45, 2.75) is 90.9 Å². The fraction of sp³-hybridized carbons (Fsp3) is 0.875. The van der Waals surface area contributed by atoms with Gasteiger partial charge in [-0.05, 0) is 19.3 Å². The zero-order valence-corrected chi connectivity index (χ0v) is 12.9. The first kappa shape index (κ1) is 18.1. The largest absolute Gasteiger partial charge is 0.273 e. The number of nitrogens with zero attached hydrogens (tertiary/aromatic N) is 1. The summed E-state index contributed by atoms with van der Waals surface area (Å²) in [5.74, 6) is 0.0558. The maximum atomic E-state index is 11.4. The van der Waals surface area contributed by atoms with Gasteiger partial charge in [0.2, 0.25) is 5.91 Å². The van der Waals surface area contributed by atoms with Gasteiger partial charge in [-0.25, -0.2) is 5.43 Å². The van der Waals surface area contributed by atoms with Crippen LogP contribution in [0.5, 0.6) is 0 Å². The van der Waals surface area contributed by atoms with Crippen molar-refractivity contribution in [1.29, 1.82) is 0 Å². The maximum Gasteiger partial charge on any atom is 0.240 e. The summed E-state index contributed by atoms with van der Waals surface area (Å²) >= 11 is 0. The van der Waals surface area contributed by atoms with Gasteiger partial charge in [-0.2, -0.15) is 5.10 Å². The van der Waals surface area contributed by atoms with Gasteiger partial charge in [-0.3, -0.25) is 4.79 Å². The highest BCUT2D eigenvalue weighted by molar-refractivity contribution is 5.76. The van der Waals surface area contributed by atoms with Crippen LogP contribution in [0.1, 0.15) is 90.9 Å². The van der Waals surface area contributed by atoms with Crippen molar-refractivity contribution in [3.05, 3.63) is 0 Å². The maximum absolute atomic E-state index is 11.4. The molecule has 0 saturated carbocycles. The lowest BCUT2D eigenvalue weighted by molar-refractivity contribution is -0.121. The molecule has 0 bridgehead atoms. The van der Waals surface area contributed by atoms with E-state index in [9.17, 15) is 4.79 Å². The molecule has 0 aliphatic carbocycles. The molecular formula is C16H32N2O. The topological polar surface area (TPSA) is 41.5 Å². The predicted molar refractivity (Wildman–Crippen MR) is 83.4 cm³/mol. The van der Waals surface area contributed by atoms with Crippen LogP contribution >= 0.6 is 0 Å². The lowest BCUT2D eigenvalue weighted by atomic mass is 10.1. The van der Waals surface area contributed by atoms with Crippen molar-refractivity contribution in [3.63, 3.8) is 0 Å². The monoisotopic (exact) mass is 268 g/mol. The summed E-state index contributed by atoms with van der Waals surface area (Å²) in [5, 5.41) is 3.97. The number of carbonyl (C=O) groups excluding carboxylic acids is 1. The first-order valence-electron chi connectivity index (χ1n) is 8.11. The summed E-state index contributed by atoms with van der Waals surface area (Å²) in [6.45, 7) is 4.42. The van der Waals surface area contributed by atoms with E-state index in [4.69, 9.17) is 0 Å². The molecule has 0 aromatic rings. The van der Waals surface area contributed by atoms with Gasteiger partial charge in [-0.1, -0.05) is 65.2 Å². The van der Waals surface area contributed by atoms with Crippen molar-refractivity contribution in [2.24, 2.45) is 5.10 Å². The van der Waals surface area contributed by atoms with Gasteiger partial charge in [0.25, 0.3) is 0 Å². The Bertz CT molecular complexity index is 227. The van der Waals surface area contributed by atoms with Crippen LogP contribution in [0.3, 0.4) is 0 Å². The van der Waals surface area contributed by atoms with Crippen LogP contribution in [-0.4, -0.2) is 12.1 Å². The van der Waals surface area contributed by atoms with Crippen molar-refractivity contribution in [1.82, 2.24) is 5.43 Å². The standard InChI is InChI=1S/C16H32N2O/c1-3-5-7-9-10-12-14-16(19)18-17-15-13-11-8-6-4-2/h15H,3-14H2,1-2H3,(H,18,19)/b17-15+. The number of hydrazone groups is 1. The van der Waals surface area contributed by atoms with E-state index in [1.165, 1.54) is 51.4 Å². The number of nitrogens with one attached hydrogen (secondary N) is 1. The van der Waals surface area contributed by atoms with Gasteiger partial charge in [0.15, 0.2) is 0 Å². The average Bonchev–Trinajstić information content (AvgIpc) is 2.41. The van der Waals surface area contributed by atoms with Gasteiger partial charge in [0.1, 0.15) is 0 Å². The molecule has 0 aliphatic heterocycles. The number of unbranched alkanes of at least 4 members (excludes halogenated alkanes) is 9. The third-order valence-electron chi connectivity index (χ3n) is 3.22. The lowest BCUT2D eigenvalue weighted by Crippen LogP contribution is -2.16. The molecule has 3 nitrogen and oxygen atoms in total. The smallest absolute Gasteiger partial charge is 0.240 e. The molecule has 0 aliphatic rings. The number of amides is 1. The third kappa shape index (κ3) is 15.1. The normalized spacial score (nSPS) is 11.1. The molecule has 0 atom stereocenters. The van der Waals surface area contributed by atoms with E-state index in [1.807, 2.05) is 6.21 Å². The fourth-order valence-corrected chi connectivity index (χ4v) is 1.97. The Morgan fingerprint density at radius 3 is 2.16 bits per heavy atom. The van der Waals surface area contributed by atoms with Crippen LogP contribution in [0.25, 0.3) is 0 Å². The summed E-state index contributed by atoms with van der Waals surface area (Å²) in [6, 6.07) is 0. The van der Waals surface area contributed by atoms with Gasteiger partial charge < -0.3 is 0 Å². The third-order valence-corrected chi connectivity index (χ3v) is 3.22. The first-order chi connectivity index (χ1) is 9.31. The highest BCUT2D eigenvalue weighted by Gasteiger charge is 1.98. The number of hydrogen-bond acceptors (Lipinski definition) is 2. The van der Waals surface area contributed by atoms with Crippen LogP contribution < -0.4 is 5.43 Å². The highest BCUT2D eigenvalue weighted by Crippen LogP contribution is 2.06. The van der Waals surface area contributed by atoms with E-state index < -0.39 is 0 Å². The molecule has 0 rings (SSSR count). The van der Waals surface area contributed by atoms with E-state index in [-0.39, 0.29) is 5.91 Å². The molecule has 0 heterocycles.